The molecule has 49 valence electrons. The number of hydrogen-bond acceptors (Lipinski definition) is 2. The van der Waals surface area contributed by atoms with Gasteiger partial charge in [-0.3, -0.25) is 0 Å². The van der Waals surface area contributed by atoms with Gasteiger partial charge in [0, 0.05) is 11.9 Å². The van der Waals surface area contributed by atoms with Gasteiger partial charge in [-0.15, -0.1) is 0 Å². The van der Waals surface area contributed by atoms with E-state index in [1.807, 2.05) is 0 Å². The van der Waals surface area contributed by atoms with Crippen molar-refractivity contribution < 1.29 is 4.43 Å². The zero-order valence-electron chi connectivity index (χ0n) is 5.26. The normalized spacial score (nSPS) is 13.9. The second kappa shape index (κ2) is 5.66. The summed E-state index contributed by atoms with van der Waals surface area (Å²) in [5, 5.41) is 0.442. The van der Waals surface area contributed by atoms with E-state index in [-0.39, 0.29) is 0 Å². The van der Waals surface area contributed by atoms with Crippen molar-refractivity contribution >= 4 is 23.1 Å². The van der Waals surface area contributed by atoms with Gasteiger partial charge in [0.1, 0.15) is 0 Å². The molecule has 1 atom stereocenters. The van der Waals surface area contributed by atoms with Crippen LogP contribution in [0.5, 0.6) is 0 Å². The van der Waals surface area contributed by atoms with Gasteiger partial charge in [-0.2, -0.15) is 12.6 Å². The summed E-state index contributed by atoms with van der Waals surface area (Å²) in [6, 6.07) is 0. The highest BCUT2D eigenvalue weighted by Crippen LogP contribution is 2.02. The average molecular weight is 149 g/mol. The SMILES string of the molecule is CCCC(S)CO[SiH2]. The predicted octanol–water partition coefficient (Wildman–Crippen LogP) is 0.650. The molecule has 0 fully saturated rings. The third kappa shape index (κ3) is 4.68. The first-order chi connectivity index (χ1) is 3.81. The minimum atomic E-state index is 0.442. The molecule has 0 amide bonds. The maximum absolute atomic E-state index is 4.91. The van der Waals surface area contributed by atoms with Gasteiger partial charge in [-0.25, -0.2) is 0 Å². The molecular weight excluding hydrogens is 136 g/mol. The first-order valence-electron chi connectivity index (χ1n) is 2.86. The topological polar surface area (TPSA) is 9.23 Å². The average Bonchev–Trinajstić information content (AvgIpc) is 1.68. The van der Waals surface area contributed by atoms with Crippen LogP contribution in [0, 0.1) is 0 Å². The summed E-state index contributed by atoms with van der Waals surface area (Å²) in [6.07, 6.45) is 2.35. The van der Waals surface area contributed by atoms with Gasteiger partial charge in [0.25, 0.3) is 0 Å². The van der Waals surface area contributed by atoms with Gasteiger partial charge in [0.15, 0.2) is 10.5 Å². The van der Waals surface area contributed by atoms with Crippen molar-refractivity contribution in [2.24, 2.45) is 0 Å². The molecule has 0 rings (SSSR count). The molecule has 0 N–H and O–H groups in total. The van der Waals surface area contributed by atoms with Crippen LogP contribution in [-0.2, 0) is 4.43 Å². The van der Waals surface area contributed by atoms with Gasteiger partial charge in [-0.05, 0) is 6.42 Å². The standard InChI is InChI=1S/C5H13OSSi/c1-2-3-5(7)4-6-8/h5,7H,2-4,8H2,1H3. The van der Waals surface area contributed by atoms with E-state index in [9.17, 15) is 0 Å². The highest BCUT2D eigenvalue weighted by Gasteiger charge is 1.97. The van der Waals surface area contributed by atoms with Crippen molar-refractivity contribution in [3.8, 4) is 0 Å². The molecule has 0 aromatic rings. The summed E-state index contributed by atoms with van der Waals surface area (Å²) < 4.78 is 4.91. The second-order valence-electron chi connectivity index (χ2n) is 1.81. The summed E-state index contributed by atoms with van der Waals surface area (Å²) in [6.45, 7) is 2.94. The van der Waals surface area contributed by atoms with E-state index in [4.69, 9.17) is 4.43 Å². The maximum Gasteiger partial charge on any atom is 0.174 e. The predicted molar refractivity (Wildman–Crippen MR) is 42.2 cm³/mol. The fourth-order valence-electron chi connectivity index (χ4n) is 0.553. The smallest absolute Gasteiger partial charge is 0.174 e. The van der Waals surface area contributed by atoms with E-state index >= 15 is 0 Å². The van der Waals surface area contributed by atoms with Gasteiger partial charge >= 0.3 is 0 Å². The van der Waals surface area contributed by atoms with Crippen LogP contribution in [0.15, 0.2) is 0 Å². The van der Waals surface area contributed by atoms with Crippen LogP contribution in [0.4, 0.5) is 0 Å². The van der Waals surface area contributed by atoms with E-state index in [1.165, 1.54) is 16.9 Å². The minimum absolute atomic E-state index is 0.442. The van der Waals surface area contributed by atoms with Crippen LogP contribution in [0.25, 0.3) is 0 Å². The molecule has 3 heteroatoms. The van der Waals surface area contributed by atoms with Gasteiger partial charge < -0.3 is 4.43 Å². The molecule has 0 bridgehead atoms. The Morgan fingerprint density at radius 1 is 1.75 bits per heavy atom. The van der Waals surface area contributed by atoms with Crippen LogP contribution in [0.1, 0.15) is 19.8 Å². The molecule has 0 saturated carbocycles. The van der Waals surface area contributed by atoms with Crippen molar-refractivity contribution in [2.75, 3.05) is 6.61 Å². The summed E-state index contributed by atoms with van der Waals surface area (Å²) in [5.74, 6) is 0. The molecule has 0 spiro atoms. The van der Waals surface area contributed by atoms with E-state index in [2.05, 4.69) is 19.6 Å². The van der Waals surface area contributed by atoms with E-state index in [0.717, 1.165) is 13.0 Å². The molecular formula is C5H13OSSi. The maximum atomic E-state index is 4.91. The Hall–Kier alpha value is 0.527. The third-order valence-corrected chi connectivity index (χ3v) is 1.58. The van der Waals surface area contributed by atoms with Gasteiger partial charge in [0.05, 0.1) is 0 Å². The monoisotopic (exact) mass is 149 g/mol. The molecule has 0 aromatic carbocycles. The van der Waals surface area contributed by atoms with Crippen LogP contribution >= 0.6 is 12.6 Å². The van der Waals surface area contributed by atoms with Crippen molar-refractivity contribution in [3.05, 3.63) is 0 Å². The lowest BCUT2D eigenvalue weighted by atomic mass is 10.3. The van der Waals surface area contributed by atoms with Crippen LogP contribution in [0.2, 0.25) is 0 Å². The molecule has 1 radical (unpaired) electrons. The molecule has 0 aliphatic heterocycles. The Kier molecular flexibility index (Phi) is 6.03. The van der Waals surface area contributed by atoms with Crippen molar-refractivity contribution in [1.29, 1.82) is 0 Å². The van der Waals surface area contributed by atoms with Gasteiger partial charge in [-0.1, -0.05) is 13.3 Å². The lowest BCUT2D eigenvalue weighted by Gasteiger charge is -2.05. The van der Waals surface area contributed by atoms with Crippen molar-refractivity contribution in [3.63, 3.8) is 0 Å². The van der Waals surface area contributed by atoms with Crippen LogP contribution in [0.3, 0.4) is 0 Å². The highest BCUT2D eigenvalue weighted by molar-refractivity contribution is 7.81. The van der Waals surface area contributed by atoms with E-state index in [1.54, 1.807) is 0 Å². The first kappa shape index (κ1) is 8.53. The Balaban J connectivity index is 2.92. The quantitative estimate of drug-likeness (QED) is 0.456. The number of hydrogen-bond donors (Lipinski definition) is 1. The molecule has 0 aliphatic rings. The lowest BCUT2D eigenvalue weighted by Crippen LogP contribution is -2.06. The fourth-order valence-corrected chi connectivity index (χ4v) is 1.40. The number of thiol groups is 1. The molecule has 1 nitrogen and oxygen atoms in total. The largest absolute Gasteiger partial charge is 0.424 e. The molecule has 0 heterocycles. The van der Waals surface area contributed by atoms with E-state index < -0.39 is 0 Å². The fraction of sp³-hybridized carbons (Fsp3) is 1.00. The molecule has 0 aromatic heterocycles. The highest BCUT2D eigenvalue weighted by atomic mass is 32.1. The first-order valence-corrected chi connectivity index (χ1v) is 3.95. The Bertz CT molecular complexity index is 45.7. The molecule has 0 aliphatic carbocycles. The molecule has 0 saturated heterocycles. The lowest BCUT2D eigenvalue weighted by molar-refractivity contribution is 0.343. The Morgan fingerprint density at radius 2 is 2.38 bits per heavy atom. The Labute approximate surface area is 59.8 Å². The number of rotatable bonds is 4. The summed E-state index contributed by atoms with van der Waals surface area (Å²) in [5.41, 5.74) is 0. The minimum Gasteiger partial charge on any atom is -0.424 e. The third-order valence-electron chi connectivity index (χ3n) is 0.932. The summed E-state index contributed by atoms with van der Waals surface area (Å²) in [7, 11) is 1.53. The van der Waals surface area contributed by atoms with Crippen molar-refractivity contribution in [1.82, 2.24) is 0 Å². The summed E-state index contributed by atoms with van der Waals surface area (Å²) >= 11 is 4.27. The zero-order chi connectivity index (χ0) is 6.41. The Morgan fingerprint density at radius 3 is 2.75 bits per heavy atom. The van der Waals surface area contributed by atoms with Crippen LogP contribution < -0.4 is 0 Å². The molecule has 1 unspecified atom stereocenters. The van der Waals surface area contributed by atoms with E-state index in [0.29, 0.717) is 5.25 Å². The van der Waals surface area contributed by atoms with Crippen molar-refractivity contribution in [2.45, 2.75) is 25.0 Å². The zero-order valence-corrected chi connectivity index (χ0v) is 7.57. The van der Waals surface area contributed by atoms with Crippen LogP contribution in [-0.4, -0.2) is 22.3 Å². The molecule has 8 heavy (non-hydrogen) atoms. The van der Waals surface area contributed by atoms with Gasteiger partial charge in [0.2, 0.25) is 0 Å². The summed E-state index contributed by atoms with van der Waals surface area (Å²) in [4.78, 5) is 0. The second-order valence-corrected chi connectivity index (χ2v) is 2.95.